The molecule has 4 nitrogen and oxygen atoms in total. The average molecular weight is 401 g/mol. The maximum absolute atomic E-state index is 11.4. The number of carbonyl (C=O) groups is 1. The maximum Gasteiger partial charge on any atom is 0.306 e. The van der Waals surface area contributed by atoms with Crippen LogP contribution in [-0.2, 0) is 11.2 Å². The van der Waals surface area contributed by atoms with E-state index >= 15 is 0 Å². The molecule has 0 aromatic heterocycles. The molecule has 0 heterocycles. The first-order valence-electron chi connectivity index (χ1n) is 11.3. The Morgan fingerprint density at radius 2 is 1.93 bits per heavy atom. The standard InChI is InChI=1S/C25H36O4/c26-22(12-6-4-10-19-8-2-1-3-9-19)15-14-20-16-21-11-5-7-13-23(21)25(29,17-20)18-24(27)28/h1-3,8-9,14-15,20-23,26,29H,4-7,10-13,16-18H2,(H,27,28)/b15-14+. The van der Waals surface area contributed by atoms with Crippen LogP contribution in [0.1, 0.15) is 69.8 Å². The molecule has 1 aromatic carbocycles. The molecule has 0 bridgehead atoms. The topological polar surface area (TPSA) is 77.8 Å². The molecule has 0 saturated heterocycles. The molecule has 3 N–H and O–H groups in total. The highest BCUT2D eigenvalue weighted by atomic mass is 16.4. The summed E-state index contributed by atoms with van der Waals surface area (Å²) >= 11 is 0. The van der Waals surface area contributed by atoms with E-state index in [0.717, 1.165) is 51.4 Å². The van der Waals surface area contributed by atoms with Gasteiger partial charge in [-0.2, -0.15) is 0 Å². The fourth-order valence-corrected chi connectivity index (χ4v) is 5.60. The van der Waals surface area contributed by atoms with Crippen LogP contribution in [0.3, 0.4) is 0 Å². The van der Waals surface area contributed by atoms with Gasteiger partial charge in [0.25, 0.3) is 0 Å². The van der Waals surface area contributed by atoms with Crippen LogP contribution in [0.15, 0.2) is 42.5 Å². The summed E-state index contributed by atoms with van der Waals surface area (Å²) in [6, 6.07) is 10.4. The van der Waals surface area contributed by atoms with Crippen LogP contribution >= 0.6 is 0 Å². The molecule has 1 aromatic rings. The zero-order valence-electron chi connectivity index (χ0n) is 17.4. The van der Waals surface area contributed by atoms with Crippen molar-refractivity contribution in [1.82, 2.24) is 0 Å². The third-order valence-corrected chi connectivity index (χ3v) is 6.94. The highest BCUT2D eigenvalue weighted by molar-refractivity contribution is 5.68. The second kappa shape index (κ2) is 10.4. The first-order valence-corrected chi connectivity index (χ1v) is 11.3. The zero-order chi connectivity index (χ0) is 20.7. The lowest BCUT2D eigenvalue weighted by molar-refractivity contribution is -0.153. The Hall–Kier alpha value is -1.65. The number of aliphatic carboxylic acids is 1. The van der Waals surface area contributed by atoms with E-state index in [1.165, 1.54) is 12.0 Å². The first kappa shape index (κ1) is 22.0. The van der Waals surface area contributed by atoms with Gasteiger partial charge in [-0.15, -0.1) is 0 Å². The molecule has 3 rings (SSSR count). The zero-order valence-corrected chi connectivity index (χ0v) is 17.4. The summed E-state index contributed by atoms with van der Waals surface area (Å²) in [6.07, 6.45) is 12.9. The van der Waals surface area contributed by atoms with Crippen LogP contribution < -0.4 is 0 Å². The van der Waals surface area contributed by atoms with E-state index in [1.54, 1.807) is 0 Å². The van der Waals surface area contributed by atoms with Gasteiger partial charge < -0.3 is 15.3 Å². The molecule has 2 aliphatic carbocycles. The summed E-state index contributed by atoms with van der Waals surface area (Å²) < 4.78 is 0. The highest BCUT2D eigenvalue weighted by Crippen LogP contribution is 2.49. The van der Waals surface area contributed by atoms with Crippen LogP contribution in [0.2, 0.25) is 0 Å². The predicted octanol–water partition coefficient (Wildman–Crippen LogP) is 4.74. The number of benzene rings is 1. The molecule has 5 unspecified atom stereocenters. The fourth-order valence-electron chi connectivity index (χ4n) is 5.60. The van der Waals surface area contributed by atoms with E-state index in [1.807, 2.05) is 18.2 Å². The van der Waals surface area contributed by atoms with Gasteiger partial charge in [-0.1, -0.05) is 68.2 Å². The summed E-state index contributed by atoms with van der Waals surface area (Å²) in [4.78, 5) is 11.4. The number of unbranched alkanes of at least 4 members (excludes halogenated alkanes) is 1. The number of allylic oxidation sites excluding steroid dienone is 1. The second-order valence-electron chi connectivity index (χ2n) is 9.21. The normalized spacial score (nSPS) is 30.8. The van der Waals surface area contributed by atoms with Crippen molar-refractivity contribution in [3.63, 3.8) is 0 Å². The van der Waals surface area contributed by atoms with Gasteiger partial charge in [0, 0.05) is 0 Å². The number of carboxylic acid groups (broad SMARTS) is 1. The van der Waals surface area contributed by atoms with Crippen LogP contribution in [0.5, 0.6) is 0 Å². The Labute approximate surface area is 174 Å². The van der Waals surface area contributed by atoms with Gasteiger partial charge in [-0.05, 0) is 61.8 Å². The minimum absolute atomic E-state index is 0.111. The minimum Gasteiger partial charge on any atom is -0.481 e. The Bertz CT molecular complexity index is 671. The summed E-state index contributed by atoms with van der Waals surface area (Å²) in [7, 11) is 0. The van der Waals surface area contributed by atoms with Crippen molar-refractivity contribution in [1.29, 1.82) is 0 Å². The number of carboxylic acids is 1. The number of aliphatic hydroxyl groups excluding tert-OH is 1. The van der Waals surface area contributed by atoms with Gasteiger partial charge in [0.1, 0.15) is 0 Å². The SMILES string of the molecule is O=C(O)CC1(O)CC(/C=C/C(O)CCCCc2ccccc2)CC2CCCCC21. The van der Waals surface area contributed by atoms with E-state index in [4.69, 9.17) is 0 Å². The van der Waals surface area contributed by atoms with Gasteiger partial charge in [0.15, 0.2) is 0 Å². The molecule has 0 radical (unpaired) electrons. The van der Waals surface area contributed by atoms with Crippen LogP contribution in [-0.4, -0.2) is 33.0 Å². The van der Waals surface area contributed by atoms with Crippen LogP contribution in [0.4, 0.5) is 0 Å². The molecule has 0 aliphatic heterocycles. The van der Waals surface area contributed by atoms with Gasteiger partial charge >= 0.3 is 5.97 Å². The molecular weight excluding hydrogens is 364 g/mol. The largest absolute Gasteiger partial charge is 0.481 e. The summed E-state index contributed by atoms with van der Waals surface area (Å²) in [5, 5.41) is 30.8. The number of aryl methyl sites for hydroxylation is 1. The summed E-state index contributed by atoms with van der Waals surface area (Å²) in [5.41, 5.74) is 0.227. The number of fused-ring (bicyclic) bond motifs is 1. The Balaban J connectivity index is 1.48. The van der Waals surface area contributed by atoms with Gasteiger partial charge in [0.2, 0.25) is 0 Å². The van der Waals surface area contributed by atoms with Crippen molar-refractivity contribution in [2.75, 3.05) is 0 Å². The van der Waals surface area contributed by atoms with E-state index in [2.05, 4.69) is 24.3 Å². The molecular formula is C25H36O4. The van der Waals surface area contributed by atoms with Crippen molar-refractivity contribution in [2.45, 2.75) is 82.3 Å². The van der Waals surface area contributed by atoms with Gasteiger partial charge in [0.05, 0.1) is 18.1 Å². The fraction of sp³-hybridized carbons (Fsp3) is 0.640. The molecule has 2 aliphatic rings. The summed E-state index contributed by atoms with van der Waals surface area (Å²) in [6.45, 7) is 0. The lowest BCUT2D eigenvalue weighted by Gasteiger charge is -2.49. The lowest BCUT2D eigenvalue weighted by atomic mass is 9.59. The van der Waals surface area contributed by atoms with E-state index in [9.17, 15) is 20.1 Å². The Kier molecular flexibility index (Phi) is 7.91. The van der Waals surface area contributed by atoms with Gasteiger partial charge in [-0.25, -0.2) is 0 Å². The van der Waals surface area contributed by atoms with Crippen LogP contribution in [0.25, 0.3) is 0 Å². The molecule has 160 valence electrons. The molecule has 2 fully saturated rings. The minimum atomic E-state index is -1.11. The monoisotopic (exact) mass is 400 g/mol. The Morgan fingerprint density at radius 1 is 1.17 bits per heavy atom. The maximum atomic E-state index is 11.4. The quantitative estimate of drug-likeness (QED) is 0.413. The average Bonchev–Trinajstić information content (AvgIpc) is 2.70. The molecule has 2 saturated carbocycles. The number of hydrogen-bond donors (Lipinski definition) is 3. The van der Waals surface area contributed by atoms with E-state index < -0.39 is 17.7 Å². The third kappa shape index (κ3) is 6.42. The number of aliphatic hydroxyl groups is 2. The molecule has 0 spiro atoms. The summed E-state index contributed by atoms with van der Waals surface area (Å²) in [5.74, 6) is -0.253. The second-order valence-corrected chi connectivity index (χ2v) is 9.21. The van der Waals surface area contributed by atoms with Crippen molar-refractivity contribution < 1.29 is 20.1 Å². The van der Waals surface area contributed by atoms with Crippen molar-refractivity contribution >= 4 is 5.97 Å². The Morgan fingerprint density at radius 3 is 2.69 bits per heavy atom. The van der Waals surface area contributed by atoms with Crippen molar-refractivity contribution in [3.05, 3.63) is 48.0 Å². The molecule has 0 amide bonds. The van der Waals surface area contributed by atoms with E-state index in [0.29, 0.717) is 12.3 Å². The molecule has 29 heavy (non-hydrogen) atoms. The lowest BCUT2D eigenvalue weighted by Crippen LogP contribution is -2.50. The smallest absolute Gasteiger partial charge is 0.306 e. The van der Waals surface area contributed by atoms with E-state index in [-0.39, 0.29) is 18.3 Å². The predicted molar refractivity (Wildman–Crippen MR) is 115 cm³/mol. The number of rotatable bonds is 9. The highest BCUT2D eigenvalue weighted by Gasteiger charge is 2.48. The van der Waals surface area contributed by atoms with Crippen LogP contribution in [0, 0.1) is 17.8 Å². The first-order chi connectivity index (χ1) is 14.0. The number of hydrogen-bond acceptors (Lipinski definition) is 3. The molecule has 4 heteroatoms. The third-order valence-electron chi connectivity index (χ3n) is 6.94. The van der Waals surface area contributed by atoms with Crippen molar-refractivity contribution in [3.8, 4) is 0 Å². The molecule has 5 atom stereocenters. The van der Waals surface area contributed by atoms with Gasteiger partial charge in [-0.3, -0.25) is 4.79 Å². The van der Waals surface area contributed by atoms with Crippen molar-refractivity contribution in [2.24, 2.45) is 17.8 Å².